The third-order valence-corrected chi connectivity index (χ3v) is 3.20. The number of halogens is 1. The van der Waals surface area contributed by atoms with Gasteiger partial charge in [-0.2, -0.15) is 0 Å². The van der Waals surface area contributed by atoms with Gasteiger partial charge in [-0.05, 0) is 39.0 Å². The van der Waals surface area contributed by atoms with Crippen LogP contribution in [-0.4, -0.2) is 30.4 Å². The summed E-state index contributed by atoms with van der Waals surface area (Å²) in [5.41, 5.74) is 1.53. The van der Waals surface area contributed by atoms with Crippen molar-refractivity contribution in [1.29, 1.82) is 0 Å². The van der Waals surface area contributed by atoms with Gasteiger partial charge in [0.25, 0.3) is 0 Å². The number of aliphatic hydroxyl groups is 1. The Balaban J connectivity index is 2.32. The highest BCUT2D eigenvalue weighted by Gasteiger charge is 2.24. The average Bonchev–Trinajstić information content (AvgIpc) is 2.27. The number of anilines is 1. The van der Waals surface area contributed by atoms with Crippen LogP contribution >= 0.6 is 0 Å². The van der Waals surface area contributed by atoms with Gasteiger partial charge in [-0.25, -0.2) is 4.39 Å². The Kier molecular flexibility index (Phi) is 3.88. The predicted molar refractivity (Wildman–Crippen MR) is 69.3 cm³/mol. The lowest BCUT2D eigenvalue weighted by atomic mass is 10.1. The molecule has 100 valence electrons. The smallest absolute Gasteiger partial charge is 0.123 e. The second kappa shape index (κ2) is 5.24. The van der Waals surface area contributed by atoms with Crippen molar-refractivity contribution in [2.75, 3.05) is 18.0 Å². The van der Waals surface area contributed by atoms with E-state index in [1.165, 1.54) is 12.1 Å². The highest BCUT2D eigenvalue weighted by atomic mass is 19.1. The van der Waals surface area contributed by atoms with Crippen LogP contribution in [0.15, 0.2) is 18.2 Å². The Bertz CT molecular complexity index is 412. The summed E-state index contributed by atoms with van der Waals surface area (Å²) in [6, 6.07) is 4.58. The molecule has 3 atom stereocenters. The molecular formula is C14H20FNO2. The molecule has 1 heterocycles. The lowest BCUT2D eigenvalue weighted by Gasteiger charge is -2.38. The van der Waals surface area contributed by atoms with Gasteiger partial charge in [0, 0.05) is 24.3 Å². The van der Waals surface area contributed by atoms with E-state index < -0.39 is 6.10 Å². The van der Waals surface area contributed by atoms with Crippen molar-refractivity contribution in [3.63, 3.8) is 0 Å². The van der Waals surface area contributed by atoms with Crippen molar-refractivity contribution in [3.05, 3.63) is 29.6 Å². The molecule has 1 aliphatic heterocycles. The predicted octanol–water partition coefficient (Wildman–Crippen LogP) is 2.49. The van der Waals surface area contributed by atoms with E-state index in [2.05, 4.69) is 4.90 Å². The first kappa shape index (κ1) is 13.3. The lowest BCUT2D eigenvalue weighted by Crippen LogP contribution is -2.45. The zero-order chi connectivity index (χ0) is 13.3. The topological polar surface area (TPSA) is 32.7 Å². The van der Waals surface area contributed by atoms with Crippen LogP contribution in [0.1, 0.15) is 32.4 Å². The molecule has 0 radical (unpaired) electrons. The summed E-state index contributed by atoms with van der Waals surface area (Å²) < 4.78 is 19.0. The first-order valence-corrected chi connectivity index (χ1v) is 6.35. The summed E-state index contributed by atoms with van der Waals surface area (Å²) in [7, 11) is 0. The number of benzene rings is 1. The summed E-state index contributed by atoms with van der Waals surface area (Å²) >= 11 is 0. The monoisotopic (exact) mass is 253 g/mol. The molecule has 1 N–H and O–H groups in total. The van der Waals surface area contributed by atoms with E-state index in [1.54, 1.807) is 13.0 Å². The molecular weight excluding hydrogens is 233 g/mol. The second-order valence-corrected chi connectivity index (χ2v) is 5.04. The van der Waals surface area contributed by atoms with Crippen molar-refractivity contribution in [2.45, 2.75) is 39.1 Å². The quantitative estimate of drug-likeness (QED) is 0.879. The van der Waals surface area contributed by atoms with E-state index in [-0.39, 0.29) is 18.0 Å². The number of ether oxygens (including phenoxy) is 1. The van der Waals surface area contributed by atoms with Gasteiger partial charge in [-0.3, -0.25) is 0 Å². The zero-order valence-corrected chi connectivity index (χ0v) is 11.1. The number of hydrogen-bond acceptors (Lipinski definition) is 3. The van der Waals surface area contributed by atoms with Crippen molar-refractivity contribution in [2.24, 2.45) is 0 Å². The fourth-order valence-corrected chi connectivity index (χ4v) is 2.52. The number of nitrogens with zero attached hydrogens (tertiary/aromatic N) is 1. The van der Waals surface area contributed by atoms with Crippen molar-refractivity contribution >= 4 is 5.69 Å². The normalized spacial score (nSPS) is 26.2. The molecule has 1 fully saturated rings. The standard InChI is InChI=1S/C14H20FNO2/c1-9-7-16(8-10(2)18-9)14-5-4-12(15)6-13(14)11(3)17/h4-6,9-11,17H,7-8H2,1-3H3/t9-,10+,11?. The maximum Gasteiger partial charge on any atom is 0.123 e. The molecule has 1 aromatic carbocycles. The molecule has 3 nitrogen and oxygen atoms in total. The van der Waals surface area contributed by atoms with Gasteiger partial charge in [0.2, 0.25) is 0 Å². The highest BCUT2D eigenvalue weighted by molar-refractivity contribution is 5.55. The molecule has 0 aromatic heterocycles. The summed E-state index contributed by atoms with van der Waals surface area (Å²) in [6.07, 6.45) is -0.398. The van der Waals surface area contributed by atoms with E-state index in [0.717, 1.165) is 18.8 Å². The van der Waals surface area contributed by atoms with Gasteiger partial charge in [0.15, 0.2) is 0 Å². The Morgan fingerprint density at radius 2 is 1.94 bits per heavy atom. The molecule has 0 amide bonds. The van der Waals surface area contributed by atoms with Crippen molar-refractivity contribution in [1.82, 2.24) is 0 Å². The van der Waals surface area contributed by atoms with E-state index in [0.29, 0.717) is 5.56 Å². The molecule has 1 unspecified atom stereocenters. The minimum atomic E-state index is -0.677. The number of aliphatic hydroxyl groups excluding tert-OH is 1. The number of rotatable bonds is 2. The summed E-state index contributed by atoms with van der Waals surface area (Å²) in [4.78, 5) is 2.15. The molecule has 0 spiro atoms. The van der Waals surface area contributed by atoms with Gasteiger partial charge in [-0.15, -0.1) is 0 Å². The first-order valence-electron chi connectivity index (χ1n) is 6.35. The van der Waals surface area contributed by atoms with Gasteiger partial charge >= 0.3 is 0 Å². The van der Waals surface area contributed by atoms with E-state index in [1.807, 2.05) is 13.8 Å². The van der Waals surface area contributed by atoms with Crippen LogP contribution < -0.4 is 4.90 Å². The lowest BCUT2D eigenvalue weighted by molar-refractivity contribution is -0.00538. The van der Waals surface area contributed by atoms with E-state index >= 15 is 0 Å². The zero-order valence-electron chi connectivity index (χ0n) is 11.1. The maximum absolute atomic E-state index is 13.3. The molecule has 0 aliphatic carbocycles. The third-order valence-electron chi connectivity index (χ3n) is 3.20. The van der Waals surface area contributed by atoms with Gasteiger partial charge in [0.05, 0.1) is 18.3 Å². The van der Waals surface area contributed by atoms with E-state index in [4.69, 9.17) is 4.74 Å². The Labute approximate surface area is 107 Å². The first-order chi connectivity index (χ1) is 8.47. The van der Waals surface area contributed by atoms with Crippen LogP contribution in [0, 0.1) is 5.82 Å². The van der Waals surface area contributed by atoms with Crippen LogP contribution in [0.2, 0.25) is 0 Å². The van der Waals surface area contributed by atoms with Gasteiger partial charge in [-0.1, -0.05) is 0 Å². The minimum absolute atomic E-state index is 0.139. The van der Waals surface area contributed by atoms with Crippen LogP contribution in [0.25, 0.3) is 0 Å². The Morgan fingerprint density at radius 3 is 2.50 bits per heavy atom. The highest BCUT2D eigenvalue weighted by Crippen LogP contribution is 2.29. The third kappa shape index (κ3) is 2.82. The van der Waals surface area contributed by atoms with Crippen LogP contribution in [0.5, 0.6) is 0 Å². The van der Waals surface area contributed by atoms with Crippen LogP contribution in [0.3, 0.4) is 0 Å². The molecule has 18 heavy (non-hydrogen) atoms. The second-order valence-electron chi connectivity index (χ2n) is 5.04. The Morgan fingerprint density at radius 1 is 1.33 bits per heavy atom. The van der Waals surface area contributed by atoms with Gasteiger partial charge < -0.3 is 14.7 Å². The van der Waals surface area contributed by atoms with Crippen LogP contribution in [-0.2, 0) is 4.74 Å². The van der Waals surface area contributed by atoms with Crippen molar-refractivity contribution in [3.8, 4) is 0 Å². The van der Waals surface area contributed by atoms with E-state index in [9.17, 15) is 9.50 Å². The summed E-state index contributed by atoms with van der Waals surface area (Å²) in [5, 5.41) is 9.77. The van der Waals surface area contributed by atoms with Gasteiger partial charge in [0.1, 0.15) is 5.82 Å². The molecule has 1 aromatic rings. The molecule has 0 saturated carbocycles. The summed E-state index contributed by atoms with van der Waals surface area (Å²) in [5.74, 6) is -0.316. The molecule has 1 aliphatic rings. The molecule has 1 saturated heterocycles. The largest absolute Gasteiger partial charge is 0.389 e. The summed E-state index contributed by atoms with van der Waals surface area (Å²) in [6.45, 7) is 7.22. The average molecular weight is 253 g/mol. The maximum atomic E-state index is 13.3. The fraction of sp³-hybridized carbons (Fsp3) is 0.571. The Hall–Kier alpha value is -1.13. The number of morpholine rings is 1. The number of hydrogen-bond donors (Lipinski definition) is 1. The molecule has 4 heteroatoms. The van der Waals surface area contributed by atoms with Crippen LogP contribution in [0.4, 0.5) is 10.1 Å². The molecule has 2 rings (SSSR count). The fourth-order valence-electron chi connectivity index (χ4n) is 2.52. The van der Waals surface area contributed by atoms with Crippen molar-refractivity contribution < 1.29 is 14.2 Å². The molecule has 0 bridgehead atoms. The SMILES string of the molecule is CC(O)c1cc(F)ccc1N1C[C@@H](C)O[C@@H](C)C1. The minimum Gasteiger partial charge on any atom is -0.389 e.